The fraction of sp³-hybridized carbons (Fsp3) is 0.133. The largest absolute Gasteiger partial charge is 0.495 e. The number of aryl methyl sites for hydroxylation is 1. The Morgan fingerprint density at radius 1 is 1.11 bits per heavy atom. The van der Waals surface area contributed by atoms with E-state index in [4.69, 9.17) is 4.74 Å². The summed E-state index contributed by atoms with van der Waals surface area (Å²) < 4.78 is 8.15. The number of rotatable bonds is 2. The summed E-state index contributed by atoms with van der Waals surface area (Å²) in [5.74, 6) is 1.71. The predicted octanol–water partition coefficient (Wildman–Crippen LogP) is 4.08. The topological polar surface area (TPSA) is 26.5 Å². The van der Waals surface area contributed by atoms with Gasteiger partial charge in [0, 0.05) is 5.56 Å². The second-order valence-electron chi connectivity index (χ2n) is 4.42. The molecule has 0 radical (unpaired) electrons. The molecule has 0 saturated carbocycles. The molecule has 0 unspecified atom stereocenters. The van der Waals surface area contributed by atoms with Gasteiger partial charge < -0.3 is 4.74 Å². The van der Waals surface area contributed by atoms with Crippen molar-refractivity contribution in [2.24, 2.45) is 0 Å². The molecule has 0 aliphatic rings. The number of ether oxygens (including phenoxy) is 1. The first kappa shape index (κ1) is 12.2. The number of hydrogen-bond donors (Lipinski definition) is 0. The van der Waals surface area contributed by atoms with Crippen LogP contribution in [0.5, 0.6) is 5.75 Å². The van der Waals surface area contributed by atoms with Crippen LogP contribution < -0.4 is 4.74 Å². The first-order valence-electron chi connectivity index (χ1n) is 5.97. The third-order valence-corrected chi connectivity index (χ3v) is 3.69. The van der Waals surface area contributed by atoms with Gasteiger partial charge in [-0.15, -0.1) is 0 Å². The Hall–Kier alpha value is -1.81. The summed E-state index contributed by atoms with van der Waals surface area (Å²) in [6, 6.07) is 12.3. The average Bonchev–Trinajstić information content (AvgIpc) is 2.76. The van der Waals surface area contributed by atoms with Gasteiger partial charge in [0.25, 0.3) is 0 Å². The monoisotopic (exact) mass is 316 g/mol. The van der Waals surface area contributed by atoms with Crippen molar-refractivity contribution in [1.29, 1.82) is 0 Å². The molecule has 19 heavy (non-hydrogen) atoms. The van der Waals surface area contributed by atoms with E-state index in [2.05, 4.69) is 52.1 Å². The summed E-state index contributed by atoms with van der Waals surface area (Å²) in [5.41, 5.74) is 3.34. The van der Waals surface area contributed by atoms with Crippen LogP contribution in [-0.4, -0.2) is 16.5 Å². The van der Waals surface area contributed by atoms with Crippen LogP contribution in [0.15, 0.2) is 47.2 Å². The number of aromatic nitrogens is 2. The highest BCUT2D eigenvalue weighted by atomic mass is 79.9. The normalized spacial score (nSPS) is 10.9. The highest BCUT2D eigenvalue weighted by Crippen LogP contribution is 2.28. The third kappa shape index (κ3) is 2.12. The van der Waals surface area contributed by atoms with Gasteiger partial charge in [-0.3, -0.25) is 4.40 Å². The number of imidazole rings is 1. The van der Waals surface area contributed by atoms with Crippen LogP contribution in [0.2, 0.25) is 0 Å². The summed E-state index contributed by atoms with van der Waals surface area (Å²) in [7, 11) is 1.67. The Kier molecular flexibility index (Phi) is 3.03. The molecule has 4 heteroatoms. The van der Waals surface area contributed by atoms with Crippen LogP contribution in [0.3, 0.4) is 0 Å². The van der Waals surface area contributed by atoms with Crippen molar-refractivity contribution in [3.63, 3.8) is 0 Å². The van der Waals surface area contributed by atoms with E-state index in [1.54, 1.807) is 7.11 Å². The maximum Gasteiger partial charge on any atom is 0.146 e. The van der Waals surface area contributed by atoms with Crippen molar-refractivity contribution >= 4 is 21.4 Å². The fourth-order valence-corrected chi connectivity index (χ4v) is 2.55. The molecule has 0 N–H and O–H groups in total. The van der Waals surface area contributed by atoms with E-state index < -0.39 is 0 Å². The number of pyridine rings is 1. The molecule has 96 valence electrons. The van der Waals surface area contributed by atoms with Crippen LogP contribution >= 0.6 is 15.9 Å². The SMILES string of the molecule is COc1ccc2c(Br)nc(-c3ccc(C)cc3)n2c1. The summed E-state index contributed by atoms with van der Waals surface area (Å²) in [4.78, 5) is 4.59. The third-order valence-electron chi connectivity index (χ3n) is 3.11. The summed E-state index contributed by atoms with van der Waals surface area (Å²) >= 11 is 3.50. The highest BCUT2D eigenvalue weighted by Gasteiger charge is 2.11. The fourth-order valence-electron chi connectivity index (χ4n) is 2.06. The van der Waals surface area contributed by atoms with E-state index in [0.717, 1.165) is 27.3 Å². The lowest BCUT2D eigenvalue weighted by atomic mass is 10.1. The number of fused-ring (bicyclic) bond motifs is 1. The minimum Gasteiger partial charge on any atom is -0.495 e. The lowest BCUT2D eigenvalue weighted by Gasteiger charge is -2.04. The average molecular weight is 317 g/mol. The van der Waals surface area contributed by atoms with E-state index in [-0.39, 0.29) is 0 Å². The summed E-state index contributed by atoms with van der Waals surface area (Å²) in [6.07, 6.45) is 1.95. The minimum atomic E-state index is 0.811. The van der Waals surface area contributed by atoms with Crippen LogP contribution in [0.25, 0.3) is 16.9 Å². The molecule has 3 aromatic rings. The smallest absolute Gasteiger partial charge is 0.146 e. The molecule has 0 fully saturated rings. The zero-order valence-corrected chi connectivity index (χ0v) is 12.3. The first-order chi connectivity index (χ1) is 9.19. The highest BCUT2D eigenvalue weighted by molar-refractivity contribution is 9.10. The molecule has 2 aromatic heterocycles. The number of methoxy groups -OCH3 is 1. The number of nitrogens with zero attached hydrogens (tertiary/aromatic N) is 2. The van der Waals surface area contributed by atoms with Gasteiger partial charge in [0.1, 0.15) is 16.2 Å². The molecule has 0 spiro atoms. The van der Waals surface area contributed by atoms with Gasteiger partial charge in [-0.25, -0.2) is 4.98 Å². The van der Waals surface area contributed by atoms with Crippen LogP contribution in [0, 0.1) is 6.92 Å². The van der Waals surface area contributed by atoms with Gasteiger partial charge in [-0.2, -0.15) is 0 Å². The van der Waals surface area contributed by atoms with E-state index in [1.807, 2.05) is 22.7 Å². The zero-order chi connectivity index (χ0) is 13.4. The maximum atomic E-state index is 5.28. The Balaban J connectivity index is 2.25. The van der Waals surface area contributed by atoms with Gasteiger partial charge in [-0.1, -0.05) is 29.8 Å². The second-order valence-corrected chi connectivity index (χ2v) is 5.17. The molecule has 3 rings (SSSR count). The predicted molar refractivity (Wildman–Crippen MR) is 79.6 cm³/mol. The van der Waals surface area contributed by atoms with Gasteiger partial charge in [0.05, 0.1) is 18.8 Å². The number of benzene rings is 1. The molecule has 0 saturated heterocycles. The van der Waals surface area contributed by atoms with Crippen LogP contribution in [-0.2, 0) is 0 Å². The quantitative estimate of drug-likeness (QED) is 0.712. The van der Waals surface area contributed by atoms with Crippen molar-refractivity contribution in [1.82, 2.24) is 9.38 Å². The Morgan fingerprint density at radius 2 is 1.84 bits per heavy atom. The second kappa shape index (κ2) is 4.70. The molecular weight excluding hydrogens is 304 g/mol. The van der Waals surface area contributed by atoms with Gasteiger partial charge in [0.15, 0.2) is 0 Å². The van der Waals surface area contributed by atoms with E-state index in [0.29, 0.717) is 0 Å². The molecule has 3 nitrogen and oxygen atoms in total. The van der Waals surface area contributed by atoms with Crippen molar-refractivity contribution in [2.75, 3.05) is 7.11 Å². The van der Waals surface area contributed by atoms with Crippen LogP contribution in [0.1, 0.15) is 5.56 Å². The summed E-state index contributed by atoms with van der Waals surface area (Å²) in [6.45, 7) is 2.08. The Morgan fingerprint density at radius 3 is 2.53 bits per heavy atom. The molecular formula is C15H13BrN2O. The lowest BCUT2D eigenvalue weighted by molar-refractivity contribution is 0.412. The standard InChI is InChI=1S/C15H13BrN2O/c1-10-3-5-11(6-4-10)15-17-14(16)13-8-7-12(19-2)9-18(13)15/h3-9H,1-2H3. The summed E-state index contributed by atoms with van der Waals surface area (Å²) in [5, 5.41) is 0. The maximum absolute atomic E-state index is 5.28. The minimum absolute atomic E-state index is 0.811. The number of halogens is 1. The van der Waals surface area contributed by atoms with Gasteiger partial charge >= 0.3 is 0 Å². The van der Waals surface area contributed by atoms with E-state index in [9.17, 15) is 0 Å². The van der Waals surface area contributed by atoms with Gasteiger partial charge in [0.2, 0.25) is 0 Å². The van der Waals surface area contributed by atoms with Crippen molar-refractivity contribution < 1.29 is 4.74 Å². The van der Waals surface area contributed by atoms with Gasteiger partial charge in [-0.05, 0) is 35.0 Å². The van der Waals surface area contributed by atoms with Crippen molar-refractivity contribution in [3.05, 3.63) is 52.8 Å². The van der Waals surface area contributed by atoms with Crippen molar-refractivity contribution in [3.8, 4) is 17.1 Å². The lowest BCUT2D eigenvalue weighted by Crippen LogP contribution is -1.91. The first-order valence-corrected chi connectivity index (χ1v) is 6.77. The zero-order valence-electron chi connectivity index (χ0n) is 10.7. The molecule has 1 aromatic carbocycles. The molecule has 0 amide bonds. The van der Waals surface area contributed by atoms with Crippen molar-refractivity contribution in [2.45, 2.75) is 6.92 Å². The molecule has 0 bridgehead atoms. The molecule has 0 atom stereocenters. The molecule has 0 aliphatic carbocycles. The Bertz CT molecular complexity index is 732. The Labute approximate surface area is 120 Å². The molecule has 2 heterocycles. The molecule has 0 aliphatic heterocycles. The van der Waals surface area contributed by atoms with E-state index >= 15 is 0 Å². The van der Waals surface area contributed by atoms with E-state index in [1.165, 1.54) is 5.56 Å². The number of hydrogen-bond acceptors (Lipinski definition) is 2. The van der Waals surface area contributed by atoms with Crippen LogP contribution in [0.4, 0.5) is 0 Å².